The summed E-state index contributed by atoms with van der Waals surface area (Å²) in [6, 6.07) is 16.2. The van der Waals surface area contributed by atoms with Crippen LogP contribution in [0.2, 0.25) is 0 Å². The summed E-state index contributed by atoms with van der Waals surface area (Å²) in [6.45, 7) is 6.65. The standard InChI is InChI=1S/C22H28N4O3/c1-17(18-5-3-2-4-6-18)24-22(28)25-20-9-7-19(8-10-20)21(27)23-11-12-26-13-15-29-16-14-26/h2-10,17H,11-16H2,1H3,(H,23,27)(H2,24,25,28). The van der Waals surface area contributed by atoms with Gasteiger partial charge in [-0.05, 0) is 36.8 Å². The zero-order chi connectivity index (χ0) is 20.5. The Morgan fingerprint density at radius 2 is 1.72 bits per heavy atom. The lowest BCUT2D eigenvalue weighted by Crippen LogP contribution is -2.41. The third-order valence-electron chi connectivity index (χ3n) is 4.87. The average Bonchev–Trinajstić information content (AvgIpc) is 2.75. The van der Waals surface area contributed by atoms with E-state index in [-0.39, 0.29) is 18.0 Å². The van der Waals surface area contributed by atoms with Crippen molar-refractivity contribution >= 4 is 17.6 Å². The lowest BCUT2D eigenvalue weighted by molar-refractivity contribution is 0.0383. The molecule has 1 atom stereocenters. The molecule has 3 rings (SSSR count). The van der Waals surface area contributed by atoms with E-state index in [2.05, 4.69) is 20.9 Å². The minimum atomic E-state index is -0.288. The molecule has 154 valence electrons. The molecule has 1 heterocycles. The number of benzene rings is 2. The second kappa shape index (κ2) is 10.6. The molecule has 7 heteroatoms. The molecule has 7 nitrogen and oxygen atoms in total. The van der Waals surface area contributed by atoms with E-state index in [1.165, 1.54) is 0 Å². The average molecular weight is 396 g/mol. The van der Waals surface area contributed by atoms with Gasteiger partial charge in [-0.3, -0.25) is 9.69 Å². The molecule has 3 N–H and O–H groups in total. The van der Waals surface area contributed by atoms with E-state index in [1.54, 1.807) is 24.3 Å². The van der Waals surface area contributed by atoms with Gasteiger partial charge in [-0.1, -0.05) is 30.3 Å². The Hall–Kier alpha value is -2.90. The lowest BCUT2D eigenvalue weighted by Gasteiger charge is -2.26. The Bertz CT molecular complexity index is 789. The van der Waals surface area contributed by atoms with Crippen LogP contribution in [0, 0.1) is 0 Å². The van der Waals surface area contributed by atoms with E-state index >= 15 is 0 Å². The third kappa shape index (κ3) is 6.58. The second-order valence-corrected chi connectivity index (χ2v) is 7.02. The number of carbonyl (C=O) groups is 2. The summed E-state index contributed by atoms with van der Waals surface area (Å²) in [5.74, 6) is -0.119. The third-order valence-corrected chi connectivity index (χ3v) is 4.87. The number of nitrogens with one attached hydrogen (secondary N) is 3. The number of amides is 3. The van der Waals surface area contributed by atoms with E-state index in [1.807, 2.05) is 37.3 Å². The molecular weight excluding hydrogens is 368 g/mol. The molecule has 2 aromatic carbocycles. The highest BCUT2D eigenvalue weighted by atomic mass is 16.5. The van der Waals surface area contributed by atoms with Crippen molar-refractivity contribution in [2.45, 2.75) is 13.0 Å². The first-order chi connectivity index (χ1) is 14.1. The molecule has 0 spiro atoms. The first-order valence-corrected chi connectivity index (χ1v) is 9.92. The van der Waals surface area contributed by atoms with Crippen molar-refractivity contribution in [2.24, 2.45) is 0 Å². The number of morpholine rings is 1. The molecular formula is C22H28N4O3. The summed E-state index contributed by atoms with van der Waals surface area (Å²) < 4.78 is 5.32. The molecule has 1 aliphatic heterocycles. The number of rotatable bonds is 7. The zero-order valence-corrected chi connectivity index (χ0v) is 16.7. The summed E-state index contributed by atoms with van der Waals surface area (Å²) in [5, 5.41) is 8.62. The van der Waals surface area contributed by atoms with Crippen LogP contribution in [0.1, 0.15) is 28.9 Å². The fourth-order valence-corrected chi connectivity index (χ4v) is 3.15. The molecule has 1 aliphatic rings. The van der Waals surface area contributed by atoms with E-state index in [0.29, 0.717) is 17.8 Å². The number of hydrogen-bond donors (Lipinski definition) is 3. The molecule has 0 aromatic heterocycles. The first kappa shape index (κ1) is 20.8. The summed E-state index contributed by atoms with van der Waals surface area (Å²) in [7, 11) is 0. The highest BCUT2D eigenvalue weighted by molar-refractivity contribution is 5.95. The van der Waals surface area contributed by atoms with Crippen LogP contribution in [0.5, 0.6) is 0 Å². The van der Waals surface area contributed by atoms with Crippen molar-refractivity contribution in [3.63, 3.8) is 0 Å². The highest BCUT2D eigenvalue weighted by Crippen LogP contribution is 2.13. The molecule has 1 fully saturated rings. The monoisotopic (exact) mass is 396 g/mol. The molecule has 0 radical (unpaired) electrons. The van der Waals surface area contributed by atoms with Crippen LogP contribution in [0.15, 0.2) is 54.6 Å². The maximum absolute atomic E-state index is 12.3. The van der Waals surface area contributed by atoms with Gasteiger partial charge in [-0.2, -0.15) is 0 Å². The number of carbonyl (C=O) groups excluding carboxylic acids is 2. The fourth-order valence-electron chi connectivity index (χ4n) is 3.15. The first-order valence-electron chi connectivity index (χ1n) is 9.92. The van der Waals surface area contributed by atoms with Crippen molar-refractivity contribution in [1.29, 1.82) is 0 Å². The van der Waals surface area contributed by atoms with Gasteiger partial charge in [0.05, 0.1) is 19.3 Å². The molecule has 1 unspecified atom stereocenters. The minimum absolute atomic E-state index is 0.104. The van der Waals surface area contributed by atoms with Crippen molar-refractivity contribution in [2.75, 3.05) is 44.7 Å². The predicted octanol–water partition coefficient (Wildman–Crippen LogP) is 2.63. The van der Waals surface area contributed by atoms with Crippen molar-refractivity contribution in [3.05, 3.63) is 65.7 Å². The largest absolute Gasteiger partial charge is 0.379 e. The number of urea groups is 1. The van der Waals surface area contributed by atoms with Crippen molar-refractivity contribution < 1.29 is 14.3 Å². The zero-order valence-electron chi connectivity index (χ0n) is 16.7. The van der Waals surface area contributed by atoms with Crippen molar-refractivity contribution in [3.8, 4) is 0 Å². The summed E-state index contributed by atoms with van der Waals surface area (Å²) >= 11 is 0. The normalized spacial score (nSPS) is 15.3. The molecule has 3 amide bonds. The van der Waals surface area contributed by atoms with Crippen LogP contribution >= 0.6 is 0 Å². The maximum atomic E-state index is 12.3. The number of ether oxygens (including phenoxy) is 1. The van der Waals surface area contributed by atoms with Gasteiger partial charge < -0.3 is 20.7 Å². The van der Waals surface area contributed by atoms with Gasteiger partial charge in [-0.15, -0.1) is 0 Å². The summed E-state index contributed by atoms with van der Waals surface area (Å²) in [5.41, 5.74) is 2.23. The van der Waals surface area contributed by atoms with Gasteiger partial charge in [-0.25, -0.2) is 4.79 Å². The summed E-state index contributed by atoms with van der Waals surface area (Å²) in [6.07, 6.45) is 0. The SMILES string of the molecule is CC(NC(=O)Nc1ccc(C(=O)NCCN2CCOCC2)cc1)c1ccccc1. The van der Waals surface area contributed by atoms with E-state index in [0.717, 1.165) is 38.4 Å². The van der Waals surface area contributed by atoms with Gasteiger partial charge >= 0.3 is 6.03 Å². The van der Waals surface area contributed by atoms with Crippen molar-refractivity contribution in [1.82, 2.24) is 15.5 Å². The smallest absolute Gasteiger partial charge is 0.319 e. The Kier molecular flexibility index (Phi) is 7.61. The Morgan fingerprint density at radius 1 is 1.03 bits per heavy atom. The van der Waals surface area contributed by atoms with Crippen LogP contribution in [-0.2, 0) is 4.74 Å². The van der Waals surface area contributed by atoms with Gasteiger partial charge in [0.2, 0.25) is 0 Å². The quantitative estimate of drug-likeness (QED) is 0.672. The summed E-state index contributed by atoms with van der Waals surface area (Å²) in [4.78, 5) is 26.7. The van der Waals surface area contributed by atoms with Crippen LogP contribution in [0.3, 0.4) is 0 Å². The van der Waals surface area contributed by atoms with Gasteiger partial charge in [0.25, 0.3) is 5.91 Å². The van der Waals surface area contributed by atoms with Gasteiger partial charge in [0.15, 0.2) is 0 Å². The highest BCUT2D eigenvalue weighted by Gasteiger charge is 2.12. The Labute approximate surface area is 171 Å². The molecule has 0 aliphatic carbocycles. The van der Waals surface area contributed by atoms with E-state index < -0.39 is 0 Å². The van der Waals surface area contributed by atoms with Crippen LogP contribution in [0.4, 0.5) is 10.5 Å². The van der Waals surface area contributed by atoms with E-state index in [4.69, 9.17) is 4.74 Å². The second-order valence-electron chi connectivity index (χ2n) is 7.02. The minimum Gasteiger partial charge on any atom is -0.379 e. The van der Waals surface area contributed by atoms with Crippen LogP contribution < -0.4 is 16.0 Å². The van der Waals surface area contributed by atoms with Crippen LogP contribution in [-0.4, -0.2) is 56.2 Å². The van der Waals surface area contributed by atoms with Gasteiger partial charge in [0, 0.05) is 37.4 Å². The molecule has 0 bridgehead atoms. The predicted molar refractivity (Wildman–Crippen MR) is 113 cm³/mol. The lowest BCUT2D eigenvalue weighted by atomic mass is 10.1. The van der Waals surface area contributed by atoms with E-state index in [9.17, 15) is 9.59 Å². The Morgan fingerprint density at radius 3 is 2.41 bits per heavy atom. The van der Waals surface area contributed by atoms with Gasteiger partial charge in [0.1, 0.15) is 0 Å². The fraction of sp³-hybridized carbons (Fsp3) is 0.364. The molecule has 1 saturated heterocycles. The topological polar surface area (TPSA) is 82.7 Å². The molecule has 2 aromatic rings. The number of anilines is 1. The maximum Gasteiger partial charge on any atom is 0.319 e. The molecule has 0 saturated carbocycles. The molecule has 29 heavy (non-hydrogen) atoms. The Balaban J connectivity index is 1.42. The number of hydrogen-bond acceptors (Lipinski definition) is 4. The number of nitrogens with zero attached hydrogens (tertiary/aromatic N) is 1. The van der Waals surface area contributed by atoms with Crippen LogP contribution in [0.25, 0.3) is 0 Å².